The van der Waals surface area contributed by atoms with Crippen LogP contribution < -0.4 is 14.9 Å². The minimum absolute atomic E-state index is 0.267. The second kappa shape index (κ2) is 13.1. The number of carbonyl (C=O) groups excluding carboxylic acids is 1. The molecule has 0 spiro atoms. The summed E-state index contributed by atoms with van der Waals surface area (Å²) in [4.78, 5) is 14.8. The molecule has 1 aliphatic rings. The Hall–Kier alpha value is -3.39. The first-order valence-corrected chi connectivity index (χ1v) is 12.3. The highest BCUT2D eigenvalue weighted by atomic mass is 35.5. The van der Waals surface area contributed by atoms with Crippen LogP contribution in [0.2, 0.25) is 5.02 Å². The third-order valence-corrected chi connectivity index (χ3v) is 5.93. The van der Waals surface area contributed by atoms with Crippen LogP contribution in [0.25, 0.3) is 0 Å². The van der Waals surface area contributed by atoms with E-state index in [1.54, 1.807) is 6.21 Å². The summed E-state index contributed by atoms with van der Waals surface area (Å²) < 4.78 is 17.1. The molecule has 0 atom stereocenters. The first-order valence-electron chi connectivity index (χ1n) is 12.0. The van der Waals surface area contributed by atoms with E-state index in [4.69, 9.17) is 25.8 Å². The van der Waals surface area contributed by atoms with Crippen LogP contribution in [0.3, 0.4) is 0 Å². The van der Waals surface area contributed by atoms with Gasteiger partial charge in [-0.1, -0.05) is 35.9 Å². The van der Waals surface area contributed by atoms with Gasteiger partial charge in [0.15, 0.2) is 11.5 Å². The predicted octanol–water partition coefficient (Wildman–Crippen LogP) is 4.91. The molecule has 1 amide bonds. The Labute approximate surface area is 216 Å². The van der Waals surface area contributed by atoms with Gasteiger partial charge in [0.2, 0.25) is 0 Å². The van der Waals surface area contributed by atoms with E-state index in [9.17, 15) is 4.79 Å². The van der Waals surface area contributed by atoms with Gasteiger partial charge in [-0.15, -0.1) is 0 Å². The molecule has 3 aromatic rings. The van der Waals surface area contributed by atoms with Crippen molar-refractivity contribution < 1.29 is 19.0 Å². The zero-order chi connectivity index (χ0) is 25.2. The molecule has 0 unspecified atom stereocenters. The first kappa shape index (κ1) is 25.7. The molecule has 1 N–H and O–H groups in total. The van der Waals surface area contributed by atoms with Crippen molar-refractivity contribution in [3.63, 3.8) is 0 Å². The molecule has 1 heterocycles. The van der Waals surface area contributed by atoms with Gasteiger partial charge in [-0.05, 0) is 66.1 Å². The van der Waals surface area contributed by atoms with Crippen LogP contribution in [0.1, 0.15) is 34.0 Å². The minimum Gasteiger partial charge on any atom is -0.490 e. The standard InChI is InChI=1S/C28H30ClN3O4/c1-2-35-27-17-23(7-12-26(27)36-20-22-5-10-25(29)11-6-22)18-30-31-28(33)24-8-3-21(4-9-24)19-32-13-15-34-16-14-32/h3-12,17-18H,2,13-16,19-20H2,1H3,(H,31,33)/b30-18-. The molecule has 1 saturated heterocycles. The van der Waals surface area contributed by atoms with Crippen LogP contribution >= 0.6 is 11.6 Å². The fourth-order valence-corrected chi connectivity index (χ4v) is 3.87. The molecule has 4 rings (SSSR count). The number of hydrogen-bond acceptors (Lipinski definition) is 6. The molecule has 0 aliphatic carbocycles. The number of carbonyl (C=O) groups is 1. The molecule has 3 aromatic carbocycles. The molecular weight excluding hydrogens is 478 g/mol. The second-order valence-corrected chi connectivity index (χ2v) is 8.78. The third-order valence-electron chi connectivity index (χ3n) is 5.68. The highest BCUT2D eigenvalue weighted by molar-refractivity contribution is 6.30. The summed E-state index contributed by atoms with van der Waals surface area (Å²) in [6.45, 7) is 7.05. The zero-order valence-electron chi connectivity index (χ0n) is 20.3. The number of ether oxygens (including phenoxy) is 3. The van der Waals surface area contributed by atoms with Crippen molar-refractivity contribution in [2.75, 3.05) is 32.9 Å². The number of halogens is 1. The van der Waals surface area contributed by atoms with Crippen molar-refractivity contribution in [3.8, 4) is 11.5 Å². The lowest BCUT2D eigenvalue weighted by Gasteiger charge is -2.26. The minimum atomic E-state index is -0.267. The fraction of sp³-hybridized carbons (Fsp3) is 0.286. The molecule has 0 aromatic heterocycles. The lowest BCUT2D eigenvalue weighted by atomic mass is 10.1. The predicted molar refractivity (Wildman–Crippen MR) is 141 cm³/mol. The number of amides is 1. The molecule has 7 nitrogen and oxygen atoms in total. The Morgan fingerprint density at radius 2 is 1.72 bits per heavy atom. The number of benzene rings is 3. The molecule has 1 fully saturated rings. The van der Waals surface area contributed by atoms with Gasteiger partial charge in [-0.2, -0.15) is 5.10 Å². The van der Waals surface area contributed by atoms with E-state index in [1.165, 1.54) is 5.56 Å². The SMILES string of the molecule is CCOc1cc(/C=N\NC(=O)c2ccc(CN3CCOCC3)cc2)ccc1OCc1ccc(Cl)cc1. The summed E-state index contributed by atoms with van der Waals surface area (Å²) >= 11 is 5.94. The van der Waals surface area contributed by atoms with Gasteiger partial charge < -0.3 is 14.2 Å². The van der Waals surface area contributed by atoms with Crippen LogP contribution in [-0.4, -0.2) is 49.9 Å². The van der Waals surface area contributed by atoms with Crippen molar-refractivity contribution in [3.05, 3.63) is 94.0 Å². The average Bonchev–Trinajstić information content (AvgIpc) is 2.90. The zero-order valence-corrected chi connectivity index (χ0v) is 21.0. The maximum Gasteiger partial charge on any atom is 0.271 e. The Morgan fingerprint density at radius 3 is 2.44 bits per heavy atom. The Bertz CT molecular complexity index is 1160. The first-order chi connectivity index (χ1) is 17.6. The second-order valence-electron chi connectivity index (χ2n) is 8.34. The van der Waals surface area contributed by atoms with Crippen LogP contribution in [0.5, 0.6) is 11.5 Å². The van der Waals surface area contributed by atoms with Crippen LogP contribution in [0.15, 0.2) is 71.8 Å². The number of hydrogen-bond donors (Lipinski definition) is 1. The smallest absolute Gasteiger partial charge is 0.271 e. The van der Waals surface area contributed by atoms with Gasteiger partial charge in [-0.3, -0.25) is 9.69 Å². The molecule has 1 aliphatic heterocycles. The topological polar surface area (TPSA) is 72.4 Å². The lowest BCUT2D eigenvalue weighted by Crippen LogP contribution is -2.35. The van der Waals surface area contributed by atoms with E-state index in [1.807, 2.05) is 73.7 Å². The van der Waals surface area contributed by atoms with Gasteiger partial charge in [0.25, 0.3) is 5.91 Å². The maximum absolute atomic E-state index is 12.5. The highest BCUT2D eigenvalue weighted by Gasteiger charge is 2.11. The van der Waals surface area contributed by atoms with Gasteiger partial charge >= 0.3 is 0 Å². The van der Waals surface area contributed by atoms with E-state index in [-0.39, 0.29) is 5.91 Å². The largest absolute Gasteiger partial charge is 0.490 e. The van der Waals surface area contributed by atoms with Gasteiger partial charge in [0.1, 0.15) is 6.61 Å². The van der Waals surface area contributed by atoms with Crippen molar-refractivity contribution in [1.82, 2.24) is 10.3 Å². The molecule has 0 saturated carbocycles. The summed E-state index contributed by atoms with van der Waals surface area (Å²) in [6.07, 6.45) is 1.58. The van der Waals surface area contributed by atoms with Crippen molar-refractivity contribution in [1.29, 1.82) is 0 Å². The monoisotopic (exact) mass is 507 g/mol. The van der Waals surface area contributed by atoms with Crippen LogP contribution in [0, 0.1) is 0 Å². The van der Waals surface area contributed by atoms with Crippen LogP contribution in [0.4, 0.5) is 0 Å². The Balaban J connectivity index is 1.32. The maximum atomic E-state index is 12.5. The molecular formula is C28H30ClN3O4. The quantitative estimate of drug-likeness (QED) is 0.312. The normalized spacial score (nSPS) is 14.1. The molecule has 8 heteroatoms. The van der Waals surface area contributed by atoms with Gasteiger partial charge in [-0.25, -0.2) is 5.43 Å². The van der Waals surface area contributed by atoms with Crippen LogP contribution in [-0.2, 0) is 17.9 Å². The summed E-state index contributed by atoms with van der Waals surface area (Å²) in [7, 11) is 0. The number of rotatable bonds is 10. The lowest BCUT2D eigenvalue weighted by molar-refractivity contribution is 0.0342. The number of hydrazone groups is 1. The summed E-state index contributed by atoms with van der Waals surface area (Å²) in [6, 6.07) is 20.6. The molecule has 0 radical (unpaired) electrons. The number of nitrogens with one attached hydrogen (secondary N) is 1. The van der Waals surface area contributed by atoms with Crippen molar-refractivity contribution in [2.24, 2.45) is 5.10 Å². The van der Waals surface area contributed by atoms with Crippen molar-refractivity contribution >= 4 is 23.7 Å². The highest BCUT2D eigenvalue weighted by Crippen LogP contribution is 2.29. The molecule has 0 bridgehead atoms. The van der Waals surface area contributed by atoms with Gasteiger partial charge in [0, 0.05) is 30.2 Å². The summed E-state index contributed by atoms with van der Waals surface area (Å²) in [5.74, 6) is 0.972. The van der Waals surface area contributed by atoms with E-state index in [0.29, 0.717) is 35.3 Å². The van der Waals surface area contributed by atoms with Gasteiger partial charge in [0.05, 0.1) is 26.0 Å². The number of morpholine rings is 1. The molecule has 188 valence electrons. The Kier molecular flexibility index (Phi) is 9.33. The number of nitrogens with zero attached hydrogens (tertiary/aromatic N) is 2. The average molecular weight is 508 g/mol. The summed E-state index contributed by atoms with van der Waals surface area (Å²) in [5, 5.41) is 4.80. The van der Waals surface area contributed by atoms with Crippen molar-refractivity contribution in [2.45, 2.75) is 20.1 Å². The van der Waals surface area contributed by atoms with E-state index >= 15 is 0 Å². The van der Waals surface area contributed by atoms with E-state index in [0.717, 1.165) is 44.0 Å². The Morgan fingerprint density at radius 1 is 1.00 bits per heavy atom. The molecule has 36 heavy (non-hydrogen) atoms. The fourth-order valence-electron chi connectivity index (χ4n) is 3.74. The van der Waals surface area contributed by atoms with E-state index < -0.39 is 0 Å². The summed E-state index contributed by atoms with van der Waals surface area (Å²) in [5.41, 5.74) is 6.09. The third kappa shape index (κ3) is 7.55. The van der Waals surface area contributed by atoms with E-state index in [2.05, 4.69) is 15.4 Å².